The van der Waals surface area contributed by atoms with Crippen LogP contribution in [0.2, 0.25) is 0 Å². The Morgan fingerprint density at radius 3 is 3.00 bits per heavy atom. The van der Waals surface area contributed by atoms with Gasteiger partial charge in [-0.25, -0.2) is 4.79 Å². The number of carbonyl (C=O) groups is 1. The highest BCUT2D eigenvalue weighted by molar-refractivity contribution is 5.88. The molecule has 1 aliphatic carbocycles. The summed E-state index contributed by atoms with van der Waals surface area (Å²) in [4.78, 5) is 14.4. The summed E-state index contributed by atoms with van der Waals surface area (Å²) < 4.78 is 4.72. The number of nitrogens with two attached hydrogens (primary N) is 1. The van der Waals surface area contributed by atoms with Gasteiger partial charge in [0, 0.05) is 16.5 Å². The Hall–Kier alpha value is -1.52. The standard InChI is InChI=1S/C12H20N4O2/c1-3-4-5-8-6-9(12(17)18-2)7-10(11(8)13)15-16-14/h6,8,10-11H,3-5,7,13H2,1-2H3/t8-,10?,11+/m1/s1. The van der Waals surface area contributed by atoms with E-state index in [-0.39, 0.29) is 24.0 Å². The molecule has 0 fully saturated rings. The molecular formula is C12H20N4O2. The largest absolute Gasteiger partial charge is 0.466 e. The fraction of sp³-hybridized carbons (Fsp3) is 0.750. The number of rotatable bonds is 5. The highest BCUT2D eigenvalue weighted by Crippen LogP contribution is 2.29. The number of hydrogen-bond acceptors (Lipinski definition) is 4. The van der Waals surface area contributed by atoms with Gasteiger partial charge in [-0.15, -0.1) is 0 Å². The zero-order valence-electron chi connectivity index (χ0n) is 10.9. The van der Waals surface area contributed by atoms with Gasteiger partial charge in [0.1, 0.15) is 0 Å². The minimum absolute atomic E-state index is 0.0725. The van der Waals surface area contributed by atoms with Crippen LogP contribution in [0.25, 0.3) is 10.4 Å². The molecule has 6 nitrogen and oxygen atoms in total. The zero-order valence-corrected chi connectivity index (χ0v) is 10.9. The number of carbonyl (C=O) groups excluding carboxylic acids is 1. The molecule has 3 atom stereocenters. The molecule has 1 aliphatic rings. The second-order valence-corrected chi connectivity index (χ2v) is 4.54. The summed E-state index contributed by atoms with van der Waals surface area (Å²) in [7, 11) is 1.35. The summed E-state index contributed by atoms with van der Waals surface area (Å²) in [5, 5.41) is 3.70. The predicted octanol–water partition coefficient (Wildman–Crippen LogP) is 2.30. The van der Waals surface area contributed by atoms with Crippen molar-refractivity contribution in [3.63, 3.8) is 0 Å². The minimum atomic E-state index is -0.365. The first-order valence-corrected chi connectivity index (χ1v) is 6.22. The van der Waals surface area contributed by atoms with Crippen LogP contribution in [-0.4, -0.2) is 25.2 Å². The molecule has 0 heterocycles. The van der Waals surface area contributed by atoms with Gasteiger partial charge < -0.3 is 10.5 Å². The van der Waals surface area contributed by atoms with Crippen molar-refractivity contribution in [3.8, 4) is 0 Å². The van der Waals surface area contributed by atoms with E-state index in [2.05, 4.69) is 16.9 Å². The van der Waals surface area contributed by atoms with Crippen LogP contribution in [0.3, 0.4) is 0 Å². The molecule has 0 bridgehead atoms. The Balaban J connectivity index is 2.90. The Kier molecular flexibility index (Phi) is 5.68. The number of azide groups is 1. The number of ether oxygens (including phenoxy) is 1. The van der Waals surface area contributed by atoms with Crippen molar-refractivity contribution in [3.05, 3.63) is 22.1 Å². The Morgan fingerprint density at radius 2 is 2.44 bits per heavy atom. The molecule has 0 spiro atoms. The smallest absolute Gasteiger partial charge is 0.333 e. The van der Waals surface area contributed by atoms with Gasteiger partial charge in [-0.1, -0.05) is 31.0 Å². The second kappa shape index (κ2) is 7.03. The average Bonchev–Trinajstić information content (AvgIpc) is 2.39. The van der Waals surface area contributed by atoms with Gasteiger partial charge >= 0.3 is 5.97 Å². The lowest BCUT2D eigenvalue weighted by Crippen LogP contribution is -2.43. The topological polar surface area (TPSA) is 101 Å². The van der Waals surface area contributed by atoms with E-state index in [0.717, 1.165) is 19.3 Å². The fourth-order valence-electron chi connectivity index (χ4n) is 2.27. The quantitative estimate of drug-likeness (QED) is 0.351. The number of methoxy groups -OCH3 is 1. The third-order valence-corrected chi connectivity index (χ3v) is 3.32. The molecular weight excluding hydrogens is 232 g/mol. The van der Waals surface area contributed by atoms with Crippen LogP contribution in [0.15, 0.2) is 16.8 Å². The van der Waals surface area contributed by atoms with Crippen molar-refractivity contribution in [1.82, 2.24) is 0 Å². The van der Waals surface area contributed by atoms with Gasteiger partial charge in [0.25, 0.3) is 0 Å². The predicted molar refractivity (Wildman–Crippen MR) is 68.6 cm³/mol. The molecule has 0 aliphatic heterocycles. The summed E-state index contributed by atoms with van der Waals surface area (Å²) in [5.74, 6) is -0.287. The summed E-state index contributed by atoms with van der Waals surface area (Å²) in [5.41, 5.74) is 15.2. The zero-order chi connectivity index (χ0) is 13.5. The van der Waals surface area contributed by atoms with Crippen LogP contribution < -0.4 is 5.73 Å². The maximum atomic E-state index is 11.6. The van der Waals surface area contributed by atoms with E-state index >= 15 is 0 Å². The monoisotopic (exact) mass is 252 g/mol. The molecule has 1 unspecified atom stereocenters. The number of hydrogen-bond donors (Lipinski definition) is 1. The molecule has 0 saturated carbocycles. The first-order valence-electron chi connectivity index (χ1n) is 6.22. The lowest BCUT2D eigenvalue weighted by molar-refractivity contribution is -0.136. The van der Waals surface area contributed by atoms with Crippen LogP contribution in [0.5, 0.6) is 0 Å². The first-order chi connectivity index (χ1) is 8.63. The van der Waals surface area contributed by atoms with E-state index in [4.69, 9.17) is 16.0 Å². The van der Waals surface area contributed by atoms with Gasteiger partial charge in [0.2, 0.25) is 0 Å². The third-order valence-electron chi connectivity index (χ3n) is 3.32. The molecule has 0 aromatic carbocycles. The Bertz CT molecular complexity index is 374. The molecule has 18 heavy (non-hydrogen) atoms. The average molecular weight is 252 g/mol. The third kappa shape index (κ3) is 3.48. The molecule has 6 heteroatoms. The van der Waals surface area contributed by atoms with Gasteiger partial charge in [-0.3, -0.25) is 0 Å². The van der Waals surface area contributed by atoms with Crippen molar-refractivity contribution < 1.29 is 9.53 Å². The lowest BCUT2D eigenvalue weighted by atomic mass is 9.80. The highest BCUT2D eigenvalue weighted by Gasteiger charge is 2.32. The van der Waals surface area contributed by atoms with Crippen molar-refractivity contribution in [1.29, 1.82) is 0 Å². The van der Waals surface area contributed by atoms with Gasteiger partial charge in [0.15, 0.2) is 0 Å². The van der Waals surface area contributed by atoms with Gasteiger partial charge in [0.05, 0.1) is 13.2 Å². The van der Waals surface area contributed by atoms with Crippen molar-refractivity contribution in [2.75, 3.05) is 7.11 Å². The van der Waals surface area contributed by atoms with Crippen LogP contribution in [0, 0.1) is 5.92 Å². The van der Waals surface area contributed by atoms with E-state index < -0.39 is 0 Å². The minimum Gasteiger partial charge on any atom is -0.466 e. The van der Waals surface area contributed by atoms with Crippen LogP contribution >= 0.6 is 0 Å². The molecule has 0 aromatic rings. The summed E-state index contributed by atoms with van der Waals surface area (Å²) in [6, 6.07) is -0.586. The number of unbranched alkanes of at least 4 members (excludes halogenated alkanes) is 1. The maximum absolute atomic E-state index is 11.6. The molecule has 0 saturated heterocycles. The van der Waals surface area contributed by atoms with Crippen molar-refractivity contribution in [2.24, 2.45) is 16.8 Å². The van der Waals surface area contributed by atoms with Crippen LogP contribution in [0.1, 0.15) is 32.6 Å². The number of nitrogens with zero attached hydrogens (tertiary/aromatic N) is 3. The molecule has 0 aromatic heterocycles. The summed E-state index contributed by atoms with van der Waals surface area (Å²) >= 11 is 0. The van der Waals surface area contributed by atoms with Crippen LogP contribution in [-0.2, 0) is 9.53 Å². The molecule has 100 valence electrons. The van der Waals surface area contributed by atoms with Crippen molar-refractivity contribution >= 4 is 5.97 Å². The molecule has 0 radical (unpaired) electrons. The number of esters is 1. The van der Waals surface area contributed by atoms with E-state index in [1.807, 2.05) is 6.08 Å². The van der Waals surface area contributed by atoms with E-state index in [0.29, 0.717) is 12.0 Å². The summed E-state index contributed by atoms with van der Waals surface area (Å²) in [6.45, 7) is 2.10. The van der Waals surface area contributed by atoms with Gasteiger partial charge in [-0.2, -0.15) is 0 Å². The lowest BCUT2D eigenvalue weighted by Gasteiger charge is -2.31. The van der Waals surface area contributed by atoms with Crippen LogP contribution in [0.4, 0.5) is 0 Å². The van der Waals surface area contributed by atoms with Crippen molar-refractivity contribution in [2.45, 2.75) is 44.7 Å². The molecule has 2 N–H and O–H groups in total. The molecule has 1 rings (SSSR count). The molecule has 0 amide bonds. The first kappa shape index (κ1) is 14.5. The van der Waals surface area contributed by atoms with E-state index in [9.17, 15) is 4.79 Å². The highest BCUT2D eigenvalue weighted by atomic mass is 16.5. The summed E-state index contributed by atoms with van der Waals surface area (Å²) in [6.07, 6.45) is 5.24. The van der Waals surface area contributed by atoms with E-state index in [1.165, 1.54) is 7.11 Å². The van der Waals surface area contributed by atoms with Gasteiger partial charge in [-0.05, 0) is 24.3 Å². The maximum Gasteiger partial charge on any atom is 0.333 e. The normalized spacial score (nSPS) is 27.1. The SMILES string of the molecule is CCCC[C@@H]1C=C(C(=O)OC)CC(N=[N+]=[N-])[C@H]1N. The second-order valence-electron chi connectivity index (χ2n) is 4.54. The van der Waals surface area contributed by atoms with E-state index in [1.54, 1.807) is 0 Å². The Morgan fingerprint density at radius 1 is 1.72 bits per heavy atom. The fourth-order valence-corrected chi connectivity index (χ4v) is 2.27. The Labute approximate surface area is 107 Å².